The number of carbonyl (C=O) groups excluding carboxylic acids is 2. The molecule has 0 saturated heterocycles. The number of hydrogen-bond acceptors (Lipinski definition) is 6. The number of rotatable bonds is 10. The van der Waals surface area contributed by atoms with Gasteiger partial charge >= 0.3 is 5.97 Å². The molecule has 1 aromatic heterocycles. The van der Waals surface area contributed by atoms with Crippen molar-refractivity contribution in [2.24, 2.45) is 5.92 Å². The summed E-state index contributed by atoms with van der Waals surface area (Å²) < 4.78 is 37.1. The first-order chi connectivity index (χ1) is 13.9. The average molecular weight is 418 g/mol. The predicted molar refractivity (Wildman–Crippen MR) is 105 cm³/mol. The maximum Gasteiger partial charge on any atom is 0.325 e. The highest BCUT2D eigenvalue weighted by Gasteiger charge is 2.22. The number of sulfonamides is 1. The fourth-order valence-electron chi connectivity index (χ4n) is 2.36. The van der Waals surface area contributed by atoms with E-state index in [1.807, 2.05) is 0 Å². The molecule has 0 unspecified atom stereocenters. The molecule has 1 fully saturated rings. The first-order valence-corrected chi connectivity index (χ1v) is 10.6. The molecule has 0 spiro atoms. The Labute approximate surface area is 169 Å². The Morgan fingerprint density at radius 1 is 1.17 bits per heavy atom. The van der Waals surface area contributed by atoms with Gasteiger partial charge in [0, 0.05) is 6.08 Å². The van der Waals surface area contributed by atoms with Crippen LogP contribution in [0.25, 0.3) is 6.08 Å². The maximum atomic E-state index is 12.3. The van der Waals surface area contributed by atoms with Crippen LogP contribution >= 0.6 is 0 Å². The summed E-state index contributed by atoms with van der Waals surface area (Å²) in [4.78, 5) is 23.4. The van der Waals surface area contributed by atoms with Crippen LogP contribution in [-0.2, 0) is 30.9 Å². The van der Waals surface area contributed by atoms with E-state index in [9.17, 15) is 18.0 Å². The molecule has 0 bridgehead atoms. The molecule has 8 nitrogen and oxygen atoms in total. The fraction of sp³-hybridized carbons (Fsp3) is 0.300. The number of amides is 1. The van der Waals surface area contributed by atoms with Crippen LogP contribution < -0.4 is 10.0 Å². The summed E-state index contributed by atoms with van der Waals surface area (Å²) in [7, 11) is -3.67. The smallest absolute Gasteiger partial charge is 0.325 e. The summed E-state index contributed by atoms with van der Waals surface area (Å²) in [5.74, 6) is 0.0812. The Balaban J connectivity index is 1.46. The molecule has 0 radical (unpaired) electrons. The van der Waals surface area contributed by atoms with Crippen LogP contribution in [0.15, 0.2) is 58.1 Å². The second-order valence-corrected chi connectivity index (χ2v) is 8.42. The van der Waals surface area contributed by atoms with Crippen molar-refractivity contribution in [2.75, 3.05) is 13.2 Å². The van der Waals surface area contributed by atoms with Crippen molar-refractivity contribution in [1.82, 2.24) is 10.0 Å². The molecule has 2 N–H and O–H groups in total. The number of esters is 1. The molecular formula is C20H22N2O6S. The summed E-state index contributed by atoms with van der Waals surface area (Å²) in [5.41, 5.74) is 0.640. The van der Waals surface area contributed by atoms with Gasteiger partial charge in [-0.2, -0.15) is 0 Å². The van der Waals surface area contributed by atoms with Gasteiger partial charge in [-0.25, -0.2) is 13.1 Å². The standard InChI is InChI=1S/C20H22N2O6S/c23-19(21-13-20(24)28-14-16-3-4-16)10-7-15-5-8-18(9-6-15)29(25,26)22-12-17-2-1-11-27-17/h1-2,5-11,16,22H,3-4,12-14H2,(H,21,23)/b10-7+. The van der Waals surface area contributed by atoms with E-state index in [2.05, 4.69) is 10.0 Å². The van der Waals surface area contributed by atoms with Gasteiger partial charge in [0.05, 0.1) is 24.3 Å². The molecule has 2 aromatic rings. The second-order valence-electron chi connectivity index (χ2n) is 6.65. The van der Waals surface area contributed by atoms with Crippen molar-refractivity contribution in [3.05, 3.63) is 60.1 Å². The molecule has 1 aliphatic carbocycles. The number of hydrogen-bond donors (Lipinski definition) is 2. The lowest BCUT2D eigenvalue weighted by atomic mass is 10.2. The Kier molecular flexibility index (Phi) is 6.84. The monoisotopic (exact) mass is 418 g/mol. The van der Waals surface area contributed by atoms with Crippen LogP contribution in [0.4, 0.5) is 0 Å². The van der Waals surface area contributed by atoms with Gasteiger partial charge in [-0.05, 0) is 54.7 Å². The van der Waals surface area contributed by atoms with Crippen LogP contribution in [0.2, 0.25) is 0 Å². The normalized spacial score (nSPS) is 14.1. The quantitative estimate of drug-likeness (QED) is 0.449. The van der Waals surface area contributed by atoms with Crippen LogP contribution in [0.3, 0.4) is 0 Å². The van der Waals surface area contributed by atoms with Crippen molar-refractivity contribution >= 4 is 28.0 Å². The van der Waals surface area contributed by atoms with Gasteiger partial charge in [0.2, 0.25) is 15.9 Å². The fourth-order valence-corrected chi connectivity index (χ4v) is 3.35. The SMILES string of the molecule is O=C(/C=C/c1ccc(S(=O)(=O)NCc2ccco2)cc1)NCC(=O)OCC1CC1. The highest BCUT2D eigenvalue weighted by molar-refractivity contribution is 7.89. The average Bonchev–Trinajstić information content (AvgIpc) is 3.40. The van der Waals surface area contributed by atoms with E-state index in [4.69, 9.17) is 9.15 Å². The van der Waals surface area contributed by atoms with Crippen LogP contribution in [-0.4, -0.2) is 33.4 Å². The molecule has 1 aromatic carbocycles. The van der Waals surface area contributed by atoms with Crippen molar-refractivity contribution in [1.29, 1.82) is 0 Å². The first kappa shape index (κ1) is 20.8. The van der Waals surface area contributed by atoms with Crippen molar-refractivity contribution in [2.45, 2.75) is 24.3 Å². The molecular weight excluding hydrogens is 396 g/mol. The number of benzene rings is 1. The third-order valence-electron chi connectivity index (χ3n) is 4.22. The number of furan rings is 1. The van der Waals surface area contributed by atoms with Gasteiger partial charge in [-0.15, -0.1) is 0 Å². The minimum absolute atomic E-state index is 0.0558. The summed E-state index contributed by atoms with van der Waals surface area (Å²) in [6, 6.07) is 9.39. The lowest BCUT2D eigenvalue weighted by Crippen LogP contribution is -2.29. The summed E-state index contributed by atoms with van der Waals surface area (Å²) >= 11 is 0. The van der Waals surface area contributed by atoms with E-state index in [1.54, 1.807) is 24.3 Å². The van der Waals surface area contributed by atoms with Crippen molar-refractivity contribution in [3.63, 3.8) is 0 Å². The second kappa shape index (κ2) is 9.53. The van der Waals surface area contributed by atoms with Gasteiger partial charge in [0.1, 0.15) is 12.3 Å². The number of ether oxygens (including phenoxy) is 1. The Morgan fingerprint density at radius 3 is 2.59 bits per heavy atom. The molecule has 29 heavy (non-hydrogen) atoms. The largest absolute Gasteiger partial charge is 0.468 e. The third kappa shape index (κ3) is 6.88. The minimum Gasteiger partial charge on any atom is -0.468 e. The molecule has 1 aliphatic rings. The van der Waals surface area contributed by atoms with Gasteiger partial charge in [0.25, 0.3) is 0 Å². The lowest BCUT2D eigenvalue weighted by molar-refractivity contribution is -0.144. The van der Waals surface area contributed by atoms with Crippen LogP contribution in [0, 0.1) is 5.92 Å². The molecule has 1 saturated carbocycles. The zero-order valence-electron chi connectivity index (χ0n) is 15.7. The molecule has 1 amide bonds. The topological polar surface area (TPSA) is 115 Å². The van der Waals surface area contributed by atoms with E-state index < -0.39 is 21.9 Å². The third-order valence-corrected chi connectivity index (χ3v) is 5.64. The molecule has 9 heteroatoms. The van der Waals surface area contributed by atoms with Crippen LogP contribution in [0.5, 0.6) is 0 Å². The zero-order valence-corrected chi connectivity index (χ0v) is 16.5. The summed E-state index contributed by atoms with van der Waals surface area (Å²) in [6.07, 6.45) is 6.44. The Morgan fingerprint density at radius 2 is 1.93 bits per heavy atom. The predicted octanol–water partition coefficient (Wildman–Crippen LogP) is 1.84. The number of nitrogens with one attached hydrogen (secondary N) is 2. The highest BCUT2D eigenvalue weighted by Crippen LogP contribution is 2.28. The van der Waals surface area contributed by atoms with E-state index in [-0.39, 0.29) is 18.0 Å². The van der Waals surface area contributed by atoms with Gasteiger partial charge in [0.15, 0.2) is 0 Å². The zero-order chi connectivity index (χ0) is 20.7. The molecule has 0 aliphatic heterocycles. The summed E-state index contributed by atoms with van der Waals surface area (Å²) in [6.45, 7) is 0.283. The van der Waals surface area contributed by atoms with Crippen molar-refractivity contribution in [3.8, 4) is 0 Å². The maximum absolute atomic E-state index is 12.3. The molecule has 154 valence electrons. The van der Waals surface area contributed by atoms with Gasteiger partial charge in [-0.1, -0.05) is 12.1 Å². The highest BCUT2D eigenvalue weighted by atomic mass is 32.2. The van der Waals surface area contributed by atoms with Gasteiger partial charge < -0.3 is 14.5 Å². The van der Waals surface area contributed by atoms with E-state index in [1.165, 1.54) is 30.5 Å². The molecule has 0 atom stereocenters. The summed E-state index contributed by atoms with van der Waals surface area (Å²) in [5, 5.41) is 2.45. The Bertz CT molecular complexity index is 961. The first-order valence-electron chi connectivity index (χ1n) is 9.16. The minimum atomic E-state index is -3.67. The van der Waals surface area contributed by atoms with E-state index in [0.717, 1.165) is 12.8 Å². The van der Waals surface area contributed by atoms with Crippen molar-refractivity contribution < 1.29 is 27.2 Å². The van der Waals surface area contributed by atoms with E-state index in [0.29, 0.717) is 23.8 Å². The van der Waals surface area contributed by atoms with Gasteiger partial charge in [-0.3, -0.25) is 9.59 Å². The Hall–Kier alpha value is -2.91. The number of carbonyl (C=O) groups is 2. The van der Waals surface area contributed by atoms with Crippen LogP contribution in [0.1, 0.15) is 24.2 Å². The lowest BCUT2D eigenvalue weighted by Gasteiger charge is -2.06. The molecule has 1 heterocycles. The molecule has 3 rings (SSSR count). The van der Waals surface area contributed by atoms with E-state index >= 15 is 0 Å².